The van der Waals surface area contributed by atoms with Gasteiger partial charge in [0.15, 0.2) is 0 Å². The molecule has 0 aromatic heterocycles. The second-order valence-corrected chi connectivity index (χ2v) is 5.67. The number of carboxylic acid groups (broad SMARTS) is 1. The first-order valence-corrected chi connectivity index (χ1v) is 7.44. The molecule has 4 heteroatoms. The van der Waals surface area contributed by atoms with Gasteiger partial charge in [0, 0.05) is 25.4 Å². The number of hydrogen-bond donors (Lipinski definition) is 1. The van der Waals surface area contributed by atoms with E-state index in [1.165, 1.54) is 12.8 Å². The molecule has 1 aromatic rings. The fraction of sp³-hybridized carbons (Fsp3) is 0.562. The minimum Gasteiger partial charge on any atom is -0.481 e. The van der Waals surface area contributed by atoms with Gasteiger partial charge in [0.2, 0.25) is 0 Å². The summed E-state index contributed by atoms with van der Waals surface area (Å²) in [6.45, 7) is 2.42. The number of anilines is 1. The highest BCUT2D eigenvalue weighted by molar-refractivity contribution is 5.82. The zero-order valence-electron chi connectivity index (χ0n) is 11.6. The first-order valence-electron chi connectivity index (χ1n) is 7.44. The normalized spacial score (nSPS) is 24.9. The van der Waals surface area contributed by atoms with Crippen LogP contribution < -0.4 is 4.90 Å². The van der Waals surface area contributed by atoms with Crippen LogP contribution in [0.25, 0.3) is 0 Å². The topological polar surface area (TPSA) is 49.8 Å². The molecule has 0 aliphatic carbocycles. The minimum atomic E-state index is -0.723. The smallest absolute Gasteiger partial charge is 0.312 e. The molecule has 0 amide bonds. The zero-order valence-corrected chi connectivity index (χ0v) is 11.6. The van der Waals surface area contributed by atoms with Crippen molar-refractivity contribution in [1.29, 1.82) is 0 Å². The molecule has 2 aliphatic heterocycles. The third-order valence-electron chi connectivity index (χ3n) is 4.33. The van der Waals surface area contributed by atoms with Crippen molar-refractivity contribution in [1.82, 2.24) is 0 Å². The van der Waals surface area contributed by atoms with Crippen LogP contribution in [0.2, 0.25) is 0 Å². The number of benzene rings is 1. The molecule has 0 saturated carbocycles. The van der Waals surface area contributed by atoms with Gasteiger partial charge in [-0.05, 0) is 37.3 Å². The van der Waals surface area contributed by atoms with E-state index in [-0.39, 0.29) is 5.92 Å². The highest BCUT2D eigenvalue weighted by Crippen LogP contribution is 2.36. The second kappa shape index (κ2) is 5.83. The summed E-state index contributed by atoms with van der Waals surface area (Å²) in [5.74, 6) is -1.10. The van der Waals surface area contributed by atoms with Gasteiger partial charge in [-0.3, -0.25) is 4.79 Å². The molecule has 0 bridgehead atoms. The Balaban J connectivity index is 1.61. The molecule has 2 atom stereocenters. The molecule has 1 N–H and O–H groups in total. The molecular weight excluding hydrogens is 254 g/mol. The van der Waals surface area contributed by atoms with Gasteiger partial charge in [0.05, 0.1) is 6.10 Å². The summed E-state index contributed by atoms with van der Waals surface area (Å²) in [4.78, 5) is 13.6. The average molecular weight is 275 g/mol. The van der Waals surface area contributed by atoms with Crippen LogP contribution >= 0.6 is 0 Å². The van der Waals surface area contributed by atoms with Gasteiger partial charge < -0.3 is 14.7 Å². The molecule has 2 heterocycles. The van der Waals surface area contributed by atoms with E-state index in [9.17, 15) is 9.90 Å². The molecular formula is C16H21NO3. The van der Waals surface area contributed by atoms with Crippen LogP contribution in [0.4, 0.5) is 5.69 Å². The van der Waals surface area contributed by atoms with E-state index in [0.717, 1.165) is 37.2 Å². The third kappa shape index (κ3) is 2.66. The molecule has 2 unspecified atom stereocenters. The van der Waals surface area contributed by atoms with E-state index in [1.54, 1.807) is 0 Å². The Hall–Kier alpha value is -1.55. The van der Waals surface area contributed by atoms with Gasteiger partial charge in [-0.15, -0.1) is 0 Å². The first kappa shape index (κ1) is 13.4. The van der Waals surface area contributed by atoms with Gasteiger partial charge in [0.1, 0.15) is 5.92 Å². The van der Waals surface area contributed by atoms with Crippen molar-refractivity contribution in [3.63, 3.8) is 0 Å². The molecule has 20 heavy (non-hydrogen) atoms. The lowest BCUT2D eigenvalue weighted by atomic mass is 10.0. The lowest BCUT2D eigenvalue weighted by molar-refractivity contribution is -0.138. The SMILES string of the molecule is O=C(O)C1CN(CCCC2CCCO2)c2ccccc21. The Morgan fingerprint density at radius 3 is 3.00 bits per heavy atom. The fourth-order valence-electron chi connectivity index (χ4n) is 3.29. The van der Waals surface area contributed by atoms with Crippen LogP contribution in [0.1, 0.15) is 37.2 Å². The van der Waals surface area contributed by atoms with Crippen molar-refractivity contribution in [3.8, 4) is 0 Å². The molecule has 0 radical (unpaired) electrons. The number of aliphatic carboxylic acids is 1. The minimum absolute atomic E-state index is 0.381. The summed E-state index contributed by atoms with van der Waals surface area (Å²) in [5.41, 5.74) is 2.05. The van der Waals surface area contributed by atoms with Crippen molar-refractivity contribution >= 4 is 11.7 Å². The van der Waals surface area contributed by atoms with E-state index < -0.39 is 5.97 Å². The summed E-state index contributed by atoms with van der Waals surface area (Å²) in [6.07, 6.45) is 4.91. The van der Waals surface area contributed by atoms with E-state index in [1.807, 2.05) is 24.3 Å². The summed E-state index contributed by atoms with van der Waals surface area (Å²) < 4.78 is 5.63. The summed E-state index contributed by atoms with van der Waals surface area (Å²) in [6, 6.07) is 7.87. The lowest BCUT2D eigenvalue weighted by Gasteiger charge is -2.20. The summed E-state index contributed by atoms with van der Waals surface area (Å²) in [7, 11) is 0. The van der Waals surface area contributed by atoms with Crippen LogP contribution in [0.15, 0.2) is 24.3 Å². The third-order valence-corrected chi connectivity index (χ3v) is 4.33. The molecule has 1 aromatic carbocycles. The number of fused-ring (bicyclic) bond motifs is 1. The number of hydrogen-bond acceptors (Lipinski definition) is 3. The van der Waals surface area contributed by atoms with Crippen molar-refractivity contribution in [2.45, 2.75) is 37.7 Å². The largest absolute Gasteiger partial charge is 0.481 e. The van der Waals surface area contributed by atoms with Gasteiger partial charge in [-0.2, -0.15) is 0 Å². The lowest BCUT2D eigenvalue weighted by Crippen LogP contribution is -2.26. The van der Waals surface area contributed by atoms with Crippen molar-refractivity contribution in [2.24, 2.45) is 0 Å². The maximum atomic E-state index is 11.3. The molecule has 4 nitrogen and oxygen atoms in total. The van der Waals surface area contributed by atoms with E-state index in [4.69, 9.17) is 4.74 Å². The van der Waals surface area contributed by atoms with Crippen molar-refractivity contribution < 1.29 is 14.6 Å². The molecule has 0 spiro atoms. The van der Waals surface area contributed by atoms with Crippen LogP contribution in [-0.2, 0) is 9.53 Å². The molecule has 108 valence electrons. The quantitative estimate of drug-likeness (QED) is 0.897. The highest BCUT2D eigenvalue weighted by atomic mass is 16.5. The predicted octanol–water partition coefficient (Wildman–Crippen LogP) is 2.63. The van der Waals surface area contributed by atoms with Gasteiger partial charge in [0.25, 0.3) is 0 Å². The Kier molecular flexibility index (Phi) is 3.92. The Morgan fingerprint density at radius 2 is 2.25 bits per heavy atom. The number of carbonyl (C=O) groups is 1. The van der Waals surface area contributed by atoms with E-state index in [0.29, 0.717) is 12.6 Å². The van der Waals surface area contributed by atoms with Crippen LogP contribution in [0.3, 0.4) is 0 Å². The van der Waals surface area contributed by atoms with Gasteiger partial charge in [-0.25, -0.2) is 0 Å². The predicted molar refractivity (Wildman–Crippen MR) is 77.2 cm³/mol. The molecule has 2 aliphatic rings. The fourth-order valence-corrected chi connectivity index (χ4v) is 3.29. The highest BCUT2D eigenvalue weighted by Gasteiger charge is 2.32. The van der Waals surface area contributed by atoms with E-state index >= 15 is 0 Å². The van der Waals surface area contributed by atoms with Crippen LogP contribution in [0, 0.1) is 0 Å². The van der Waals surface area contributed by atoms with Gasteiger partial charge >= 0.3 is 5.97 Å². The maximum Gasteiger partial charge on any atom is 0.312 e. The zero-order chi connectivity index (χ0) is 13.9. The number of ether oxygens (including phenoxy) is 1. The molecule has 3 rings (SSSR count). The maximum absolute atomic E-state index is 11.3. The van der Waals surface area contributed by atoms with Crippen LogP contribution in [-0.4, -0.2) is 36.9 Å². The van der Waals surface area contributed by atoms with Crippen molar-refractivity contribution in [3.05, 3.63) is 29.8 Å². The van der Waals surface area contributed by atoms with Crippen molar-refractivity contribution in [2.75, 3.05) is 24.6 Å². The number of carboxylic acids is 1. The van der Waals surface area contributed by atoms with Crippen LogP contribution in [0.5, 0.6) is 0 Å². The number of rotatable bonds is 5. The van der Waals surface area contributed by atoms with Gasteiger partial charge in [-0.1, -0.05) is 18.2 Å². The second-order valence-electron chi connectivity index (χ2n) is 5.67. The Morgan fingerprint density at radius 1 is 1.40 bits per heavy atom. The number of para-hydroxylation sites is 1. The average Bonchev–Trinajstić information content (AvgIpc) is 3.07. The number of nitrogens with zero attached hydrogens (tertiary/aromatic N) is 1. The standard InChI is InChI=1S/C16H21NO3/c18-16(19)14-11-17(15-8-2-1-7-13(14)15)9-3-5-12-6-4-10-20-12/h1-2,7-8,12,14H,3-6,9-11H2,(H,18,19). The summed E-state index contributed by atoms with van der Waals surface area (Å²) >= 11 is 0. The monoisotopic (exact) mass is 275 g/mol. The Labute approximate surface area is 119 Å². The van der Waals surface area contributed by atoms with E-state index in [2.05, 4.69) is 4.90 Å². The molecule has 1 saturated heterocycles. The first-order chi connectivity index (χ1) is 9.75. The molecule has 1 fully saturated rings. The summed E-state index contributed by atoms with van der Waals surface area (Å²) in [5, 5.41) is 9.33. The Bertz CT molecular complexity index is 482.